The number of hydrogen-bond acceptors (Lipinski definition) is 4. The molecule has 3 atom stereocenters. The number of carbonyl (C=O) groups is 2. The second kappa shape index (κ2) is 10.3. The van der Waals surface area contributed by atoms with Gasteiger partial charge in [-0.2, -0.15) is 0 Å². The number of para-hydroxylation sites is 1. The molecule has 1 fully saturated rings. The topological polar surface area (TPSA) is 77.2 Å². The fourth-order valence-corrected chi connectivity index (χ4v) is 5.12. The van der Waals surface area contributed by atoms with Crippen LogP contribution in [0.1, 0.15) is 41.9 Å². The number of hydrogen-bond donors (Lipinski definition) is 3. The third-order valence-corrected chi connectivity index (χ3v) is 7.22. The normalized spacial score (nSPS) is 18.9. The molecular weight excluding hydrogens is 420 g/mol. The molecule has 4 rings (SSSR count). The van der Waals surface area contributed by atoms with Crippen LogP contribution in [0, 0.1) is 5.92 Å². The van der Waals surface area contributed by atoms with Crippen LogP contribution in [0.5, 0.6) is 0 Å². The van der Waals surface area contributed by atoms with Crippen molar-refractivity contribution >= 4 is 34.1 Å². The van der Waals surface area contributed by atoms with Crippen molar-refractivity contribution in [2.75, 3.05) is 19.6 Å². The molecule has 1 saturated heterocycles. The first-order chi connectivity index (χ1) is 15.5. The maximum atomic E-state index is 13.2. The van der Waals surface area contributed by atoms with Gasteiger partial charge in [-0.1, -0.05) is 31.2 Å². The molecule has 3 N–H and O–H groups in total. The van der Waals surface area contributed by atoms with Crippen molar-refractivity contribution in [3.63, 3.8) is 0 Å². The summed E-state index contributed by atoms with van der Waals surface area (Å²) in [5.74, 6) is 0.344. The molecule has 170 valence electrons. The molecule has 6 nitrogen and oxygen atoms in total. The Hall–Kier alpha value is -2.64. The molecule has 1 aliphatic rings. The molecule has 0 spiro atoms. The van der Waals surface area contributed by atoms with Gasteiger partial charge in [0.25, 0.3) is 5.91 Å². The van der Waals surface area contributed by atoms with Gasteiger partial charge in [0, 0.05) is 42.7 Å². The van der Waals surface area contributed by atoms with Crippen LogP contribution in [0.15, 0.2) is 48.0 Å². The Bertz CT molecular complexity index is 1050. The Morgan fingerprint density at radius 3 is 2.88 bits per heavy atom. The molecule has 7 heteroatoms. The van der Waals surface area contributed by atoms with Gasteiger partial charge in [-0.25, -0.2) is 0 Å². The largest absolute Gasteiger partial charge is 0.361 e. The van der Waals surface area contributed by atoms with Crippen LogP contribution in [0.25, 0.3) is 10.9 Å². The molecule has 0 aliphatic carbocycles. The third kappa shape index (κ3) is 5.40. The molecule has 3 heterocycles. The highest BCUT2D eigenvalue weighted by Gasteiger charge is 2.26. The number of nitrogens with one attached hydrogen (secondary N) is 3. The first-order valence-electron chi connectivity index (χ1n) is 11.4. The summed E-state index contributed by atoms with van der Waals surface area (Å²) in [7, 11) is 0. The van der Waals surface area contributed by atoms with Gasteiger partial charge in [-0.15, -0.1) is 11.3 Å². The predicted molar refractivity (Wildman–Crippen MR) is 130 cm³/mol. The monoisotopic (exact) mass is 452 g/mol. The highest BCUT2D eigenvalue weighted by Crippen LogP contribution is 2.20. The molecular formula is C25H32N4O2S. The maximum Gasteiger partial charge on any atom is 0.262 e. The Labute approximate surface area is 193 Å². The molecule has 0 bridgehead atoms. The summed E-state index contributed by atoms with van der Waals surface area (Å²) in [5, 5.41) is 9.01. The number of benzene rings is 1. The van der Waals surface area contributed by atoms with E-state index in [1.54, 1.807) is 6.07 Å². The van der Waals surface area contributed by atoms with Crippen LogP contribution in [-0.4, -0.2) is 53.4 Å². The van der Waals surface area contributed by atoms with Gasteiger partial charge in [0.05, 0.1) is 4.88 Å². The van der Waals surface area contributed by atoms with Gasteiger partial charge in [0.1, 0.15) is 6.04 Å². The minimum atomic E-state index is -0.642. The van der Waals surface area contributed by atoms with Gasteiger partial charge < -0.3 is 15.6 Å². The molecule has 3 aromatic rings. The van der Waals surface area contributed by atoms with E-state index >= 15 is 0 Å². The standard InChI is InChI=1S/C25H32N4O2S/c1-17-7-5-11-29(16-17)18(2)14-27-24(30)22(28-25(31)23-10-6-12-32-23)13-19-15-26-21-9-4-3-8-20(19)21/h3-4,6,8-10,12,15,17-18,22,26H,5,7,11,13-14,16H2,1-2H3,(H,27,30)(H,28,31). The Balaban J connectivity index is 1.45. The second-order valence-corrected chi connectivity index (χ2v) is 9.85. The number of likely N-dealkylation sites (tertiary alicyclic amines) is 1. The molecule has 1 aromatic carbocycles. The average Bonchev–Trinajstić information content (AvgIpc) is 3.47. The van der Waals surface area contributed by atoms with E-state index in [9.17, 15) is 9.59 Å². The van der Waals surface area contributed by atoms with Crippen LogP contribution in [0.2, 0.25) is 0 Å². The van der Waals surface area contributed by atoms with Crippen molar-refractivity contribution in [3.8, 4) is 0 Å². The lowest BCUT2D eigenvalue weighted by Crippen LogP contribution is -2.52. The lowest BCUT2D eigenvalue weighted by molar-refractivity contribution is -0.123. The van der Waals surface area contributed by atoms with E-state index in [-0.39, 0.29) is 17.9 Å². The van der Waals surface area contributed by atoms with Crippen LogP contribution >= 0.6 is 11.3 Å². The zero-order valence-corrected chi connectivity index (χ0v) is 19.6. The summed E-state index contributed by atoms with van der Waals surface area (Å²) < 4.78 is 0. The molecule has 0 saturated carbocycles. The number of piperidine rings is 1. The van der Waals surface area contributed by atoms with E-state index in [0.717, 1.165) is 29.6 Å². The maximum absolute atomic E-state index is 13.2. The number of aromatic amines is 1. The predicted octanol–water partition coefficient (Wildman–Crippen LogP) is 3.81. The Kier molecular flexibility index (Phi) is 7.27. The van der Waals surface area contributed by atoms with E-state index in [0.29, 0.717) is 23.8 Å². The summed E-state index contributed by atoms with van der Waals surface area (Å²) in [6.07, 6.45) is 4.85. The van der Waals surface area contributed by atoms with E-state index in [4.69, 9.17) is 0 Å². The van der Waals surface area contributed by atoms with E-state index in [2.05, 4.69) is 34.4 Å². The van der Waals surface area contributed by atoms with Crippen molar-refractivity contribution in [1.29, 1.82) is 0 Å². The number of thiophene rings is 1. The molecule has 1 aliphatic heterocycles. The Morgan fingerprint density at radius 2 is 2.09 bits per heavy atom. The summed E-state index contributed by atoms with van der Waals surface area (Å²) in [6.45, 7) is 7.18. The highest BCUT2D eigenvalue weighted by atomic mass is 32.1. The van der Waals surface area contributed by atoms with Crippen molar-refractivity contribution in [3.05, 3.63) is 58.4 Å². The quantitative estimate of drug-likeness (QED) is 0.486. The first-order valence-corrected chi connectivity index (χ1v) is 12.3. The minimum absolute atomic E-state index is 0.142. The van der Waals surface area contributed by atoms with Gasteiger partial charge in [-0.3, -0.25) is 14.5 Å². The Morgan fingerprint density at radius 1 is 1.25 bits per heavy atom. The van der Waals surface area contributed by atoms with Gasteiger partial charge in [0.15, 0.2) is 0 Å². The molecule has 2 amide bonds. The summed E-state index contributed by atoms with van der Waals surface area (Å²) in [6, 6.07) is 11.3. The van der Waals surface area contributed by atoms with Crippen molar-refractivity contribution < 1.29 is 9.59 Å². The fraction of sp³-hybridized carbons (Fsp3) is 0.440. The molecule has 2 aromatic heterocycles. The zero-order chi connectivity index (χ0) is 22.5. The van der Waals surface area contributed by atoms with Crippen molar-refractivity contribution in [2.24, 2.45) is 5.92 Å². The smallest absolute Gasteiger partial charge is 0.262 e. The van der Waals surface area contributed by atoms with E-state index in [1.165, 1.54) is 24.2 Å². The van der Waals surface area contributed by atoms with Gasteiger partial charge in [-0.05, 0) is 55.3 Å². The van der Waals surface area contributed by atoms with Gasteiger partial charge >= 0.3 is 0 Å². The molecule has 32 heavy (non-hydrogen) atoms. The van der Waals surface area contributed by atoms with Crippen LogP contribution in [-0.2, 0) is 11.2 Å². The third-order valence-electron chi connectivity index (χ3n) is 6.35. The van der Waals surface area contributed by atoms with E-state index < -0.39 is 6.04 Å². The van der Waals surface area contributed by atoms with Crippen molar-refractivity contribution in [2.45, 2.75) is 45.2 Å². The second-order valence-electron chi connectivity index (χ2n) is 8.90. The van der Waals surface area contributed by atoms with Crippen LogP contribution in [0.4, 0.5) is 0 Å². The van der Waals surface area contributed by atoms with E-state index in [1.807, 2.05) is 41.9 Å². The van der Waals surface area contributed by atoms with Crippen molar-refractivity contribution in [1.82, 2.24) is 20.5 Å². The summed E-state index contributed by atoms with van der Waals surface area (Å²) >= 11 is 1.38. The first kappa shape index (κ1) is 22.6. The minimum Gasteiger partial charge on any atom is -0.361 e. The number of nitrogens with zero attached hydrogens (tertiary/aromatic N) is 1. The number of carbonyl (C=O) groups excluding carboxylic acids is 2. The lowest BCUT2D eigenvalue weighted by Gasteiger charge is -2.35. The number of fused-ring (bicyclic) bond motifs is 1. The SMILES string of the molecule is CC1CCCN(C(C)CNC(=O)C(Cc2c[nH]c3ccccc23)NC(=O)c2cccs2)C1. The number of rotatable bonds is 8. The van der Waals surface area contributed by atoms with Gasteiger partial charge in [0.2, 0.25) is 5.91 Å². The number of amides is 2. The summed E-state index contributed by atoms with van der Waals surface area (Å²) in [4.78, 5) is 32.3. The fourth-order valence-electron chi connectivity index (χ4n) is 4.49. The molecule has 3 unspecified atom stereocenters. The zero-order valence-electron chi connectivity index (χ0n) is 18.8. The molecule has 0 radical (unpaired) electrons. The number of H-pyrrole nitrogens is 1. The highest BCUT2D eigenvalue weighted by molar-refractivity contribution is 7.12. The van der Waals surface area contributed by atoms with Crippen LogP contribution < -0.4 is 10.6 Å². The average molecular weight is 453 g/mol. The number of aromatic nitrogens is 1. The van der Waals surface area contributed by atoms with Crippen LogP contribution in [0.3, 0.4) is 0 Å². The lowest BCUT2D eigenvalue weighted by atomic mass is 9.99. The summed E-state index contributed by atoms with van der Waals surface area (Å²) in [5.41, 5.74) is 2.05.